The van der Waals surface area contributed by atoms with Crippen LogP contribution >= 0.6 is 11.6 Å². The van der Waals surface area contributed by atoms with Crippen LogP contribution in [0.4, 0.5) is 0 Å². The molecule has 0 radical (unpaired) electrons. The average molecular weight is 253 g/mol. The highest BCUT2D eigenvalue weighted by Crippen LogP contribution is 2.20. The summed E-state index contributed by atoms with van der Waals surface area (Å²) in [5.41, 5.74) is 0.852. The molecule has 0 unspecified atom stereocenters. The Morgan fingerprint density at radius 2 is 1.94 bits per heavy atom. The molecule has 1 heterocycles. The maximum absolute atomic E-state index is 6.04. The molecule has 3 nitrogen and oxygen atoms in total. The van der Waals surface area contributed by atoms with Crippen molar-refractivity contribution in [1.82, 2.24) is 9.78 Å². The lowest BCUT2D eigenvalue weighted by Gasteiger charge is -2.02. The Hall–Kier alpha value is -1.48. The van der Waals surface area contributed by atoms with Crippen LogP contribution in [-0.2, 0) is 0 Å². The third-order valence-electron chi connectivity index (χ3n) is 1.96. The molecule has 0 spiro atoms. The van der Waals surface area contributed by atoms with Crippen molar-refractivity contribution in [2.75, 3.05) is 6.61 Å². The highest BCUT2D eigenvalue weighted by atomic mass is 35.5. The van der Waals surface area contributed by atoms with Gasteiger partial charge in [0.1, 0.15) is 0 Å². The van der Waals surface area contributed by atoms with Gasteiger partial charge in [0.25, 0.3) is 0 Å². The van der Waals surface area contributed by atoms with Crippen molar-refractivity contribution in [3.63, 3.8) is 0 Å². The van der Waals surface area contributed by atoms with Gasteiger partial charge in [0, 0.05) is 12.3 Å². The molecule has 0 saturated heterocycles. The predicted octanol–water partition coefficient (Wildman–Crippen LogP) is 3.95. The highest BCUT2D eigenvalue weighted by Gasteiger charge is 2.04. The summed E-state index contributed by atoms with van der Waals surface area (Å²) in [4.78, 5) is 0. The van der Waals surface area contributed by atoms with Gasteiger partial charge in [-0.1, -0.05) is 37.6 Å². The third kappa shape index (κ3) is 3.49. The quantitative estimate of drug-likeness (QED) is 0.827. The molecule has 2 rings (SSSR count). The van der Waals surface area contributed by atoms with Crippen LogP contribution in [0.2, 0.25) is 5.02 Å². The molecule has 92 valence electrons. The van der Waals surface area contributed by atoms with Gasteiger partial charge in [-0.2, -0.15) is 0 Å². The minimum Gasteiger partial charge on any atom is -0.477 e. The first kappa shape index (κ1) is 13.6. The molecule has 1 aromatic carbocycles. The second-order valence-corrected chi connectivity index (χ2v) is 3.39. The van der Waals surface area contributed by atoms with Crippen LogP contribution in [0.15, 0.2) is 36.5 Å². The first-order valence-electron chi connectivity index (χ1n) is 5.74. The van der Waals surface area contributed by atoms with E-state index in [-0.39, 0.29) is 0 Å². The standard InChI is InChI=1S/C11H11ClN2O.C2H6/c1-2-15-11-7-8-14(13-11)10-6-4-3-5-9(10)12;1-2/h3-8H,2H2,1H3;1-2H3. The van der Waals surface area contributed by atoms with Crippen molar-refractivity contribution >= 4 is 11.6 Å². The largest absolute Gasteiger partial charge is 0.477 e. The van der Waals surface area contributed by atoms with Crippen LogP contribution in [-0.4, -0.2) is 16.4 Å². The molecule has 0 bridgehead atoms. The van der Waals surface area contributed by atoms with Crippen molar-refractivity contribution in [1.29, 1.82) is 0 Å². The van der Waals surface area contributed by atoms with Gasteiger partial charge in [-0.3, -0.25) is 0 Å². The van der Waals surface area contributed by atoms with E-state index in [4.69, 9.17) is 16.3 Å². The van der Waals surface area contributed by atoms with E-state index in [9.17, 15) is 0 Å². The molecule has 0 aliphatic heterocycles. The van der Waals surface area contributed by atoms with E-state index in [1.165, 1.54) is 0 Å². The van der Waals surface area contributed by atoms with Gasteiger partial charge in [0.05, 0.1) is 17.3 Å². The molecule has 1 aromatic heterocycles. The summed E-state index contributed by atoms with van der Waals surface area (Å²) < 4.78 is 6.97. The van der Waals surface area contributed by atoms with Crippen LogP contribution in [0.1, 0.15) is 20.8 Å². The van der Waals surface area contributed by atoms with Crippen molar-refractivity contribution in [2.45, 2.75) is 20.8 Å². The monoisotopic (exact) mass is 252 g/mol. The Bertz CT molecular complexity index is 454. The zero-order chi connectivity index (χ0) is 12.7. The van der Waals surface area contributed by atoms with Crippen LogP contribution in [0.5, 0.6) is 5.88 Å². The minimum atomic E-state index is 0.609. The van der Waals surface area contributed by atoms with E-state index < -0.39 is 0 Å². The average Bonchev–Trinajstić information content (AvgIpc) is 2.81. The first-order chi connectivity index (χ1) is 8.31. The Balaban J connectivity index is 0.000000686. The number of benzene rings is 1. The Morgan fingerprint density at radius 3 is 2.59 bits per heavy atom. The van der Waals surface area contributed by atoms with Gasteiger partial charge in [-0.15, -0.1) is 5.10 Å². The second-order valence-electron chi connectivity index (χ2n) is 2.98. The number of para-hydroxylation sites is 1. The predicted molar refractivity (Wildman–Crippen MR) is 71.1 cm³/mol. The van der Waals surface area contributed by atoms with Crippen LogP contribution in [0.3, 0.4) is 0 Å². The van der Waals surface area contributed by atoms with Crippen LogP contribution in [0.25, 0.3) is 5.69 Å². The summed E-state index contributed by atoms with van der Waals surface area (Å²) in [6.07, 6.45) is 1.83. The lowest BCUT2D eigenvalue weighted by molar-refractivity contribution is 0.324. The summed E-state index contributed by atoms with van der Waals surface area (Å²) in [6, 6.07) is 9.36. The van der Waals surface area contributed by atoms with Gasteiger partial charge in [0.2, 0.25) is 5.88 Å². The molecule has 0 fully saturated rings. The molecular formula is C13H17ClN2O. The Kier molecular flexibility index (Phi) is 5.57. The van der Waals surface area contributed by atoms with E-state index in [2.05, 4.69) is 5.10 Å². The number of rotatable bonds is 3. The Morgan fingerprint density at radius 1 is 1.24 bits per heavy atom. The molecule has 0 amide bonds. The van der Waals surface area contributed by atoms with Gasteiger partial charge >= 0.3 is 0 Å². The molecule has 2 aromatic rings. The number of halogens is 1. The first-order valence-corrected chi connectivity index (χ1v) is 6.12. The molecule has 0 atom stereocenters. The highest BCUT2D eigenvalue weighted by molar-refractivity contribution is 6.32. The van der Waals surface area contributed by atoms with Crippen LogP contribution in [0, 0.1) is 0 Å². The van der Waals surface area contributed by atoms with Gasteiger partial charge in [-0.25, -0.2) is 4.68 Å². The van der Waals surface area contributed by atoms with Crippen LogP contribution < -0.4 is 4.74 Å². The second kappa shape index (κ2) is 6.97. The lowest BCUT2D eigenvalue weighted by atomic mass is 10.3. The fourth-order valence-corrected chi connectivity index (χ4v) is 1.53. The minimum absolute atomic E-state index is 0.609. The number of aromatic nitrogens is 2. The van der Waals surface area contributed by atoms with E-state index in [0.717, 1.165) is 5.69 Å². The third-order valence-corrected chi connectivity index (χ3v) is 2.28. The zero-order valence-corrected chi connectivity index (χ0v) is 11.1. The zero-order valence-electron chi connectivity index (χ0n) is 10.4. The number of hydrogen-bond donors (Lipinski definition) is 0. The molecule has 0 aliphatic carbocycles. The maximum atomic E-state index is 6.04. The van der Waals surface area contributed by atoms with Crippen molar-refractivity contribution < 1.29 is 4.74 Å². The smallest absolute Gasteiger partial charge is 0.233 e. The maximum Gasteiger partial charge on any atom is 0.233 e. The normalized spacial score (nSPS) is 9.41. The van der Waals surface area contributed by atoms with Crippen molar-refractivity contribution in [3.8, 4) is 11.6 Å². The molecular weight excluding hydrogens is 236 g/mol. The number of nitrogens with zero attached hydrogens (tertiary/aromatic N) is 2. The topological polar surface area (TPSA) is 27.1 Å². The lowest BCUT2D eigenvalue weighted by Crippen LogP contribution is -1.97. The Labute approximate surface area is 107 Å². The molecule has 0 aliphatic rings. The van der Waals surface area contributed by atoms with E-state index in [1.807, 2.05) is 57.3 Å². The van der Waals surface area contributed by atoms with Crippen molar-refractivity contribution in [2.24, 2.45) is 0 Å². The summed E-state index contributed by atoms with van der Waals surface area (Å²) >= 11 is 6.04. The number of hydrogen-bond acceptors (Lipinski definition) is 2. The summed E-state index contributed by atoms with van der Waals surface area (Å²) in [7, 11) is 0. The molecule has 4 heteroatoms. The summed E-state index contributed by atoms with van der Waals surface area (Å²) in [5.74, 6) is 0.609. The van der Waals surface area contributed by atoms with Crippen molar-refractivity contribution in [3.05, 3.63) is 41.6 Å². The van der Waals surface area contributed by atoms with Gasteiger partial charge in [0.15, 0.2) is 0 Å². The molecule has 17 heavy (non-hydrogen) atoms. The van der Waals surface area contributed by atoms with E-state index in [1.54, 1.807) is 4.68 Å². The molecule has 0 N–H and O–H groups in total. The fraction of sp³-hybridized carbons (Fsp3) is 0.308. The van der Waals surface area contributed by atoms with Gasteiger partial charge < -0.3 is 4.74 Å². The fourth-order valence-electron chi connectivity index (χ4n) is 1.30. The summed E-state index contributed by atoms with van der Waals surface area (Å²) in [5, 5.41) is 4.91. The SMILES string of the molecule is CC.CCOc1ccn(-c2ccccc2Cl)n1. The van der Waals surface area contributed by atoms with Gasteiger partial charge in [-0.05, 0) is 19.1 Å². The summed E-state index contributed by atoms with van der Waals surface area (Å²) in [6.45, 7) is 6.54. The van der Waals surface area contributed by atoms with E-state index >= 15 is 0 Å². The number of ether oxygens (including phenoxy) is 1. The molecule has 0 saturated carbocycles. The van der Waals surface area contributed by atoms with E-state index in [0.29, 0.717) is 17.5 Å².